The fraction of sp³-hybridized carbons (Fsp3) is 0.833. The van der Waals surface area contributed by atoms with Gasteiger partial charge in [-0.2, -0.15) is 8.78 Å². The molecule has 0 fully saturated rings. The number of carbonyl (C=O) groups excluding carboxylic acids is 1. The smallest absolute Gasteiger partial charge is 0.345 e. The lowest BCUT2D eigenvalue weighted by atomic mass is 10.3. The van der Waals surface area contributed by atoms with Gasteiger partial charge < -0.3 is 9.47 Å². The summed E-state index contributed by atoms with van der Waals surface area (Å²) in [5, 5.41) is 0. The fourth-order valence-corrected chi connectivity index (χ4v) is 0.542. The molecule has 0 aliphatic rings. The normalized spacial score (nSPS) is 13.2. The molecule has 0 aromatic rings. The number of ether oxygens (including phenoxy) is 2. The Morgan fingerprint density at radius 1 is 1.55 bits per heavy atom. The van der Waals surface area contributed by atoms with Crippen LogP contribution in [0.1, 0.15) is 13.3 Å². The van der Waals surface area contributed by atoms with Crippen molar-refractivity contribution < 1.29 is 23.0 Å². The Hall–Kier alpha value is -0.710. The van der Waals surface area contributed by atoms with Gasteiger partial charge in [0.05, 0.1) is 19.6 Å². The number of alkyl halides is 2. The monoisotopic (exact) mass is 168 g/mol. The summed E-state index contributed by atoms with van der Waals surface area (Å²) in [5.74, 6) is -0.557. The topological polar surface area (TPSA) is 35.5 Å². The number of hydrogen-bond donors (Lipinski definition) is 0. The highest BCUT2D eigenvalue weighted by Crippen LogP contribution is 2.04. The summed E-state index contributed by atoms with van der Waals surface area (Å²) in [6.45, 7) is -1.46. The number of hydrogen-bond acceptors (Lipinski definition) is 3. The molecule has 0 aliphatic heterocycles. The van der Waals surface area contributed by atoms with Gasteiger partial charge in [-0.3, -0.25) is 4.79 Å². The summed E-state index contributed by atoms with van der Waals surface area (Å²) in [6, 6.07) is 0. The predicted molar refractivity (Wildman–Crippen MR) is 33.2 cm³/mol. The highest BCUT2D eigenvalue weighted by Gasteiger charge is 2.13. The first-order valence-corrected chi connectivity index (χ1v) is 3.06. The lowest BCUT2D eigenvalue weighted by Gasteiger charge is -2.09. The van der Waals surface area contributed by atoms with Crippen molar-refractivity contribution in [1.29, 1.82) is 0 Å². The molecule has 0 saturated carbocycles. The van der Waals surface area contributed by atoms with Crippen LogP contribution >= 0.6 is 0 Å². The quantitative estimate of drug-likeness (QED) is 0.591. The Morgan fingerprint density at radius 2 is 2.09 bits per heavy atom. The molecule has 5 heteroatoms. The van der Waals surface area contributed by atoms with Crippen molar-refractivity contribution in [1.82, 2.24) is 0 Å². The Balaban J connectivity index is 3.51. The first kappa shape index (κ1) is 10.3. The van der Waals surface area contributed by atoms with Crippen molar-refractivity contribution in [2.45, 2.75) is 26.1 Å². The first-order chi connectivity index (χ1) is 5.06. The molecule has 3 nitrogen and oxygen atoms in total. The molecule has 0 N–H and O–H groups in total. The summed E-state index contributed by atoms with van der Waals surface area (Å²) < 4.78 is 31.2. The van der Waals surface area contributed by atoms with Gasteiger partial charge in [-0.25, -0.2) is 0 Å². The Labute approximate surface area is 63.3 Å². The predicted octanol–water partition coefficient (Wildman–Crippen LogP) is 1.18. The van der Waals surface area contributed by atoms with Crippen molar-refractivity contribution >= 4 is 5.97 Å². The van der Waals surface area contributed by atoms with Crippen LogP contribution in [-0.2, 0) is 14.3 Å². The van der Waals surface area contributed by atoms with Crippen molar-refractivity contribution in [2.24, 2.45) is 0 Å². The molecule has 0 aromatic carbocycles. The van der Waals surface area contributed by atoms with Crippen LogP contribution in [0.15, 0.2) is 0 Å². The summed E-state index contributed by atoms with van der Waals surface area (Å²) >= 11 is 0. The maximum absolute atomic E-state index is 11.5. The number of rotatable bonds is 4. The molecule has 0 amide bonds. The van der Waals surface area contributed by atoms with E-state index in [0.29, 0.717) is 0 Å². The summed E-state index contributed by atoms with van der Waals surface area (Å²) in [7, 11) is 1.19. The van der Waals surface area contributed by atoms with Gasteiger partial charge in [-0.1, -0.05) is 0 Å². The number of esters is 1. The second-order valence-corrected chi connectivity index (χ2v) is 1.99. The third-order valence-electron chi connectivity index (χ3n) is 1.02. The minimum Gasteiger partial charge on any atom is -0.469 e. The van der Waals surface area contributed by atoms with E-state index < -0.39 is 18.7 Å². The van der Waals surface area contributed by atoms with E-state index in [0.717, 1.165) is 0 Å². The SMILES string of the molecule is COC(=O)C[C@@H](C)OC(F)F. The fourth-order valence-electron chi connectivity index (χ4n) is 0.542. The van der Waals surface area contributed by atoms with Crippen molar-refractivity contribution in [3.8, 4) is 0 Å². The molecule has 0 radical (unpaired) electrons. The minimum atomic E-state index is -2.84. The lowest BCUT2D eigenvalue weighted by molar-refractivity contribution is -0.168. The van der Waals surface area contributed by atoms with Gasteiger partial charge in [-0.15, -0.1) is 0 Å². The minimum absolute atomic E-state index is 0.152. The van der Waals surface area contributed by atoms with Crippen LogP contribution < -0.4 is 0 Å². The summed E-state index contributed by atoms with van der Waals surface area (Å²) in [4.78, 5) is 10.5. The van der Waals surface area contributed by atoms with E-state index in [1.807, 2.05) is 0 Å². The first-order valence-electron chi connectivity index (χ1n) is 3.06. The molecule has 0 heterocycles. The molecule has 0 saturated heterocycles. The van der Waals surface area contributed by atoms with Crippen LogP contribution in [0.2, 0.25) is 0 Å². The molecule has 0 aromatic heterocycles. The van der Waals surface area contributed by atoms with Gasteiger partial charge in [0.25, 0.3) is 0 Å². The van der Waals surface area contributed by atoms with E-state index in [2.05, 4.69) is 9.47 Å². The summed E-state index contributed by atoms with van der Waals surface area (Å²) in [5.41, 5.74) is 0. The van der Waals surface area contributed by atoms with Crippen LogP contribution in [0, 0.1) is 0 Å². The van der Waals surface area contributed by atoms with E-state index in [1.165, 1.54) is 14.0 Å². The van der Waals surface area contributed by atoms with E-state index in [1.54, 1.807) is 0 Å². The summed E-state index contributed by atoms with van der Waals surface area (Å²) in [6.07, 6.45) is -0.955. The maximum Gasteiger partial charge on any atom is 0.345 e. The van der Waals surface area contributed by atoms with Crippen LogP contribution in [0.3, 0.4) is 0 Å². The second-order valence-electron chi connectivity index (χ2n) is 1.99. The van der Waals surface area contributed by atoms with Crippen molar-refractivity contribution in [3.05, 3.63) is 0 Å². The number of methoxy groups -OCH3 is 1. The van der Waals surface area contributed by atoms with Gasteiger partial charge in [0.15, 0.2) is 0 Å². The standard InChI is InChI=1S/C6H10F2O3/c1-4(11-6(7)8)3-5(9)10-2/h4,6H,3H2,1-2H3/t4-/m1/s1. The molecule has 0 unspecified atom stereocenters. The van der Waals surface area contributed by atoms with Crippen molar-refractivity contribution in [3.63, 3.8) is 0 Å². The highest BCUT2D eigenvalue weighted by molar-refractivity contribution is 5.69. The third-order valence-corrected chi connectivity index (χ3v) is 1.02. The zero-order chi connectivity index (χ0) is 8.85. The molecular formula is C6H10F2O3. The molecule has 66 valence electrons. The van der Waals surface area contributed by atoms with E-state index in [4.69, 9.17) is 0 Å². The Kier molecular flexibility index (Phi) is 4.69. The van der Waals surface area contributed by atoms with Gasteiger partial charge in [0.2, 0.25) is 0 Å². The van der Waals surface area contributed by atoms with Crippen LogP contribution in [0.25, 0.3) is 0 Å². The van der Waals surface area contributed by atoms with Gasteiger partial charge in [0, 0.05) is 0 Å². The Morgan fingerprint density at radius 3 is 2.45 bits per heavy atom. The van der Waals surface area contributed by atoms with E-state index in [9.17, 15) is 13.6 Å². The number of carbonyl (C=O) groups is 1. The third kappa shape index (κ3) is 5.72. The van der Waals surface area contributed by atoms with Gasteiger partial charge >= 0.3 is 12.6 Å². The average molecular weight is 168 g/mol. The van der Waals surface area contributed by atoms with E-state index in [-0.39, 0.29) is 6.42 Å². The average Bonchev–Trinajstić information content (AvgIpc) is 1.85. The van der Waals surface area contributed by atoms with E-state index >= 15 is 0 Å². The molecule has 0 spiro atoms. The zero-order valence-corrected chi connectivity index (χ0v) is 6.34. The maximum atomic E-state index is 11.5. The zero-order valence-electron chi connectivity index (χ0n) is 6.34. The molecule has 11 heavy (non-hydrogen) atoms. The van der Waals surface area contributed by atoms with Crippen LogP contribution in [-0.4, -0.2) is 25.8 Å². The largest absolute Gasteiger partial charge is 0.469 e. The highest BCUT2D eigenvalue weighted by atomic mass is 19.3. The second kappa shape index (κ2) is 5.01. The number of halogens is 2. The molecule has 0 rings (SSSR count). The molecule has 0 aliphatic carbocycles. The molecule has 0 bridgehead atoms. The molecule has 1 atom stereocenters. The van der Waals surface area contributed by atoms with Gasteiger partial charge in [0.1, 0.15) is 0 Å². The van der Waals surface area contributed by atoms with Crippen molar-refractivity contribution in [2.75, 3.05) is 7.11 Å². The van der Waals surface area contributed by atoms with Gasteiger partial charge in [-0.05, 0) is 6.92 Å². The Bertz CT molecular complexity index is 127. The lowest BCUT2D eigenvalue weighted by Crippen LogP contribution is -2.17. The van der Waals surface area contributed by atoms with Crippen LogP contribution in [0.4, 0.5) is 8.78 Å². The van der Waals surface area contributed by atoms with Crippen LogP contribution in [0.5, 0.6) is 0 Å². The molecular weight excluding hydrogens is 158 g/mol.